The first kappa shape index (κ1) is 26.1. The van der Waals surface area contributed by atoms with E-state index in [0.717, 1.165) is 41.0 Å². The van der Waals surface area contributed by atoms with Crippen LogP contribution in [0.4, 0.5) is 11.8 Å². The van der Waals surface area contributed by atoms with Crippen molar-refractivity contribution in [3.8, 4) is 5.75 Å². The van der Waals surface area contributed by atoms with Crippen LogP contribution in [0.3, 0.4) is 0 Å². The van der Waals surface area contributed by atoms with Gasteiger partial charge in [0.15, 0.2) is 0 Å². The number of methoxy groups -OCH3 is 1. The van der Waals surface area contributed by atoms with E-state index in [1.165, 1.54) is 12.1 Å². The molecule has 2 aromatic heterocycles. The van der Waals surface area contributed by atoms with Crippen molar-refractivity contribution in [3.05, 3.63) is 63.6 Å². The molecule has 0 saturated heterocycles. The highest BCUT2D eigenvalue weighted by atomic mass is 35.5. The molecule has 1 unspecified atom stereocenters. The number of benzene rings is 1. The van der Waals surface area contributed by atoms with Crippen LogP contribution in [0, 0.1) is 13.8 Å². The Balaban J connectivity index is 1.61. The van der Waals surface area contributed by atoms with Gasteiger partial charge in [-0.15, -0.1) is 0 Å². The standard InChI is InChI=1S/C25H30ClN5O4S/c1-5-6-17-11-28-20(16(3)22(17)34-4)13-31-12-18(21-23(26)29-25(27)30-24(21)31)14-35-36(32,33)19-9-7-15(2)8-10-19/h7-11,18H,5-6,12-14H2,1-4H3,(H2,27,29,30). The van der Waals surface area contributed by atoms with E-state index in [-0.39, 0.29) is 28.5 Å². The molecule has 0 aliphatic carbocycles. The highest BCUT2D eigenvalue weighted by molar-refractivity contribution is 7.86. The van der Waals surface area contributed by atoms with Crippen LogP contribution in [-0.4, -0.2) is 43.6 Å². The first-order chi connectivity index (χ1) is 17.1. The summed E-state index contributed by atoms with van der Waals surface area (Å²) in [5.74, 6) is 1.03. The van der Waals surface area contributed by atoms with Gasteiger partial charge in [0, 0.05) is 35.3 Å². The Kier molecular flexibility index (Phi) is 7.67. The Morgan fingerprint density at radius 2 is 1.92 bits per heavy atom. The molecule has 0 spiro atoms. The van der Waals surface area contributed by atoms with Crippen LogP contribution in [0.1, 0.15) is 47.2 Å². The van der Waals surface area contributed by atoms with Gasteiger partial charge in [-0.3, -0.25) is 9.17 Å². The van der Waals surface area contributed by atoms with Crippen LogP contribution >= 0.6 is 11.6 Å². The zero-order valence-electron chi connectivity index (χ0n) is 20.8. The second kappa shape index (κ2) is 10.6. The fraction of sp³-hybridized carbons (Fsp3) is 0.400. The summed E-state index contributed by atoms with van der Waals surface area (Å²) in [4.78, 5) is 15.3. The zero-order chi connectivity index (χ0) is 26.0. The number of anilines is 2. The number of hydrogen-bond donors (Lipinski definition) is 1. The molecular weight excluding hydrogens is 502 g/mol. The van der Waals surface area contributed by atoms with E-state index in [1.54, 1.807) is 19.2 Å². The van der Waals surface area contributed by atoms with Gasteiger partial charge in [0.05, 0.1) is 30.9 Å². The van der Waals surface area contributed by atoms with Gasteiger partial charge in [-0.1, -0.05) is 42.6 Å². The number of rotatable bonds is 9. The van der Waals surface area contributed by atoms with Crippen LogP contribution in [0.2, 0.25) is 5.15 Å². The maximum atomic E-state index is 12.8. The molecule has 0 amide bonds. The minimum absolute atomic E-state index is 0.0400. The normalized spacial score (nSPS) is 15.2. The summed E-state index contributed by atoms with van der Waals surface area (Å²) >= 11 is 6.46. The molecule has 1 aliphatic rings. The van der Waals surface area contributed by atoms with Gasteiger partial charge >= 0.3 is 0 Å². The Hall–Kier alpha value is -2.95. The van der Waals surface area contributed by atoms with Gasteiger partial charge in [-0.05, 0) is 32.4 Å². The second-order valence-electron chi connectivity index (χ2n) is 8.88. The van der Waals surface area contributed by atoms with Crippen LogP contribution in [-0.2, 0) is 27.3 Å². The van der Waals surface area contributed by atoms with Crippen LogP contribution in [0.25, 0.3) is 0 Å². The molecule has 0 saturated carbocycles. The molecule has 1 aliphatic heterocycles. The molecule has 192 valence electrons. The van der Waals surface area contributed by atoms with E-state index in [1.807, 2.05) is 24.9 Å². The smallest absolute Gasteiger partial charge is 0.296 e. The lowest BCUT2D eigenvalue weighted by atomic mass is 10.1. The van der Waals surface area contributed by atoms with E-state index in [9.17, 15) is 8.42 Å². The van der Waals surface area contributed by atoms with Crippen molar-refractivity contribution in [2.75, 3.05) is 30.9 Å². The van der Waals surface area contributed by atoms with Crippen molar-refractivity contribution in [1.29, 1.82) is 0 Å². The van der Waals surface area contributed by atoms with E-state index in [0.29, 0.717) is 24.5 Å². The van der Waals surface area contributed by atoms with Crippen molar-refractivity contribution >= 4 is 33.5 Å². The van der Waals surface area contributed by atoms with Crippen molar-refractivity contribution in [2.24, 2.45) is 0 Å². The Morgan fingerprint density at radius 1 is 1.19 bits per heavy atom. The summed E-state index contributed by atoms with van der Waals surface area (Å²) in [6.45, 7) is 6.69. The van der Waals surface area contributed by atoms with Gasteiger partial charge in [0.1, 0.15) is 16.7 Å². The molecule has 2 N–H and O–H groups in total. The minimum Gasteiger partial charge on any atom is -0.496 e. The van der Waals surface area contributed by atoms with E-state index in [4.69, 9.17) is 26.3 Å². The zero-order valence-corrected chi connectivity index (χ0v) is 22.4. The maximum absolute atomic E-state index is 12.8. The molecule has 0 bridgehead atoms. The second-order valence-corrected chi connectivity index (χ2v) is 10.9. The topological polar surface area (TPSA) is 121 Å². The number of pyridine rings is 1. The maximum Gasteiger partial charge on any atom is 0.296 e. The molecular formula is C25H30ClN5O4S. The van der Waals surface area contributed by atoms with Gasteiger partial charge in [-0.25, -0.2) is 4.98 Å². The van der Waals surface area contributed by atoms with Crippen LogP contribution < -0.4 is 15.4 Å². The summed E-state index contributed by atoms with van der Waals surface area (Å²) in [5.41, 5.74) is 10.3. The summed E-state index contributed by atoms with van der Waals surface area (Å²) in [6, 6.07) is 6.51. The van der Waals surface area contributed by atoms with Crippen molar-refractivity contribution in [2.45, 2.75) is 51.0 Å². The SMILES string of the molecule is CCCc1cnc(CN2CC(COS(=O)(=O)c3ccc(C)cc3)c3c(Cl)nc(N)nc32)c(C)c1OC. The quantitative estimate of drug-likeness (QED) is 0.320. The Labute approximate surface area is 216 Å². The minimum atomic E-state index is -3.95. The average Bonchev–Trinajstić information content (AvgIpc) is 3.17. The summed E-state index contributed by atoms with van der Waals surface area (Å²) < 4.78 is 36.7. The number of nitrogens with two attached hydrogens (primary N) is 1. The van der Waals surface area contributed by atoms with E-state index in [2.05, 4.69) is 21.9 Å². The van der Waals surface area contributed by atoms with Gasteiger partial charge in [0.25, 0.3) is 10.1 Å². The monoisotopic (exact) mass is 531 g/mol. The van der Waals surface area contributed by atoms with Crippen LogP contribution in [0.5, 0.6) is 5.75 Å². The predicted molar refractivity (Wildman–Crippen MR) is 139 cm³/mol. The van der Waals surface area contributed by atoms with Gasteiger partial charge in [0.2, 0.25) is 5.95 Å². The highest BCUT2D eigenvalue weighted by Gasteiger charge is 2.35. The van der Waals surface area contributed by atoms with E-state index < -0.39 is 10.1 Å². The Morgan fingerprint density at radius 3 is 2.58 bits per heavy atom. The summed E-state index contributed by atoms with van der Waals surface area (Å²) in [7, 11) is -2.29. The average molecular weight is 532 g/mol. The number of nitrogen functional groups attached to an aromatic ring is 1. The van der Waals surface area contributed by atoms with Crippen molar-refractivity contribution in [1.82, 2.24) is 15.0 Å². The molecule has 3 heterocycles. The van der Waals surface area contributed by atoms with Gasteiger partial charge < -0.3 is 15.4 Å². The number of aryl methyl sites for hydroxylation is 2. The first-order valence-electron chi connectivity index (χ1n) is 11.7. The van der Waals surface area contributed by atoms with Crippen molar-refractivity contribution < 1.29 is 17.3 Å². The number of hydrogen-bond acceptors (Lipinski definition) is 9. The first-order valence-corrected chi connectivity index (χ1v) is 13.5. The molecule has 3 aromatic rings. The molecule has 11 heteroatoms. The fourth-order valence-electron chi connectivity index (χ4n) is 4.46. The number of fused-ring (bicyclic) bond motifs is 1. The molecule has 4 rings (SSSR count). The van der Waals surface area contributed by atoms with E-state index >= 15 is 0 Å². The summed E-state index contributed by atoms with van der Waals surface area (Å²) in [5, 5.41) is 0.182. The molecule has 0 fully saturated rings. The number of nitrogens with zero attached hydrogens (tertiary/aromatic N) is 4. The lowest BCUT2D eigenvalue weighted by Gasteiger charge is -2.21. The third-order valence-corrected chi connectivity index (χ3v) is 7.87. The molecule has 9 nitrogen and oxygen atoms in total. The molecule has 0 radical (unpaired) electrons. The number of aromatic nitrogens is 3. The lowest BCUT2D eigenvalue weighted by Crippen LogP contribution is -2.25. The molecule has 1 aromatic carbocycles. The fourth-order valence-corrected chi connectivity index (χ4v) is 5.73. The lowest BCUT2D eigenvalue weighted by molar-refractivity contribution is 0.295. The molecule has 36 heavy (non-hydrogen) atoms. The van der Waals surface area contributed by atoms with Crippen molar-refractivity contribution in [3.63, 3.8) is 0 Å². The third kappa shape index (κ3) is 5.25. The number of halogens is 1. The predicted octanol–water partition coefficient (Wildman–Crippen LogP) is 4.19. The third-order valence-electron chi connectivity index (χ3n) is 6.28. The molecule has 1 atom stereocenters. The number of ether oxygens (including phenoxy) is 1. The Bertz CT molecular complexity index is 1370. The summed E-state index contributed by atoms with van der Waals surface area (Å²) in [6.07, 6.45) is 3.70. The largest absolute Gasteiger partial charge is 0.496 e. The van der Waals surface area contributed by atoms with Gasteiger partial charge in [-0.2, -0.15) is 13.4 Å². The highest BCUT2D eigenvalue weighted by Crippen LogP contribution is 2.41. The van der Waals surface area contributed by atoms with Crippen LogP contribution in [0.15, 0.2) is 35.4 Å².